The van der Waals surface area contributed by atoms with Crippen molar-refractivity contribution in [2.75, 3.05) is 20.2 Å². The third-order valence-corrected chi connectivity index (χ3v) is 4.70. The van der Waals surface area contributed by atoms with Gasteiger partial charge in [-0.15, -0.1) is 0 Å². The number of amides is 4. The maximum atomic E-state index is 12.8. The average Bonchev–Trinajstić information content (AvgIpc) is 2.82. The summed E-state index contributed by atoms with van der Waals surface area (Å²) in [5.74, 6) is -1.50. The highest BCUT2D eigenvalue weighted by atomic mass is 35.5. The van der Waals surface area contributed by atoms with Crippen LogP contribution < -0.4 is 10.6 Å². The monoisotopic (exact) mass is 415 g/mol. The van der Waals surface area contributed by atoms with Gasteiger partial charge in [-0.1, -0.05) is 29.3 Å². The van der Waals surface area contributed by atoms with Crippen LogP contribution in [0.15, 0.2) is 18.2 Å². The van der Waals surface area contributed by atoms with E-state index in [4.69, 9.17) is 23.2 Å². The van der Waals surface area contributed by atoms with Crippen LogP contribution in [0.4, 0.5) is 4.79 Å². The van der Waals surface area contributed by atoms with Crippen molar-refractivity contribution in [1.29, 1.82) is 0 Å². The Morgan fingerprint density at radius 3 is 2.63 bits per heavy atom. The molecule has 4 amide bonds. The number of urea groups is 1. The molecule has 0 radical (unpaired) electrons. The number of esters is 1. The second-order valence-electron chi connectivity index (χ2n) is 6.10. The van der Waals surface area contributed by atoms with Gasteiger partial charge >= 0.3 is 12.0 Å². The largest absolute Gasteiger partial charge is 0.469 e. The fourth-order valence-electron chi connectivity index (χ4n) is 2.68. The minimum absolute atomic E-state index is 0.160. The van der Waals surface area contributed by atoms with Crippen LogP contribution in [0.5, 0.6) is 0 Å². The van der Waals surface area contributed by atoms with E-state index in [1.165, 1.54) is 20.1 Å². The second kappa shape index (κ2) is 8.58. The van der Waals surface area contributed by atoms with Gasteiger partial charge in [-0.2, -0.15) is 0 Å². The first-order valence-electron chi connectivity index (χ1n) is 8.12. The van der Waals surface area contributed by atoms with Gasteiger partial charge in [-0.3, -0.25) is 19.3 Å². The van der Waals surface area contributed by atoms with Crippen LogP contribution in [-0.2, 0) is 24.7 Å². The number of benzene rings is 1. The lowest BCUT2D eigenvalue weighted by Crippen LogP contribution is -2.43. The van der Waals surface area contributed by atoms with Crippen LogP contribution in [-0.4, -0.2) is 48.9 Å². The highest BCUT2D eigenvalue weighted by molar-refractivity contribution is 6.35. The van der Waals surface area contributed by atoms with Crippen LogP contribution in [0.3, 0.4) is 0 Å². The Balaban J connectivity index is 2.01. The highest BCUT2D eigenvalue weighted by Gasteiger charge is 2.50. The molecular weight excluding hydrogens is 397 g/mol. The number of nitrogens with zero attached hydrogens (tertiary/aromatic N) is 1. The summed E-state index contributed by atoms with van der Waals surface area (Å²) in [5, 5.41) is 5.75. The van der Waals surface area contributed by atoms with Crippen molar-refractivity contribution in [2.24, 2.45) is 0 Å². The molecule has 0 aliphatic carbocycles. The summed E-state index contributed by atoms with van der Waals surface area (Å²) in [6.07, 6.45) is 0.545. The molecule has 0 aromatic heterocycles. The average molecular weight is 416 g/mol. The van der Waals surface area contributed by atoms with Gasteiger partial charge in [0.15, 0.2) is 0 Å². The number of carbonyl (C=O) groups excluding carboxylic acids is 4. The van der Waals surface area contributed by atoms with Crippen LogP contribution in [0.1, 0.15) is 25.3 Å². The van der Waals surface area contributed by atoms with Crippen LogP contribution in [0.2, 0.25) is 10.0 Å². The lowest BCUT2D eigenvalue weighted by Gasteiger charge is -2.23. The van der Waals surface area contributed by atoms with Crippen molar-refractivity contribution < 1.29 is 23.9 Å². The standard InChI is InChI=1S/C17H19Cl2N3O5/c1-17(11-6-5-10(18)8-12(11)19)15(25)22(16(26)21-17)9-13(23)20-7-3-4-14(24)27-2/h5-6,8H,3-4,7,9H2,1-2H3,(H,20,23)(H,21,26)/t17-/m0/s1. The first-order chi connectivity index (χ1) is 12.7. The van der Waals surface area contributed by atoms with Crippen molar-refractivity contribution in [2.45, 2.75) is 25.3 Å². The predicted molar refractivity (Wildman–Crippen MR) is 98.3 cm³/mol. The van der Waals surface area contributed by atoms with Gasteiger partial charge in [0.25, 0.3) is 5.91 Å². The Morgan fingerprint density at radius 1 is 1.30 bits per heavy atom. The summed E-state index contributed by atoms with van der Waals surface area (Å²) in [6.45, 7) is 1.29. The molecule has 1 aliphatic rings. The third kappa shape index (κ3) is 4.70. The minimum Gasteiger partial charge on any atom is -0.469 e. The molecule has 10 heteroatoms. The van der Waals surface area contributed by atoms with Crippen molar-refractivity contribution in [3.05, 3.63) is 33.8 Å². The molecule has 0 unspecified atom stereocenters. The number of rotatable bonds is 7. The number of imide groups is 1. The third-order valence-electron chi connectivity index (χ3n) is 4.15. The molecule has 0 bridgehead atoms. The zero-order valence-electron chi connectivity index (χ0n) is 14.8. The van der Waals surface area contributed by atoms with Gasteiger partial charge in [0.1, 0.15) is 12.1 Å². The summed E-state index contributed by atoms with van der Waals surface area (Å²) in [5.41, 5.74) is -1.02. The molecule has 2 N–H and O–H groups in total. The van der Waals surface area contributed by atoms with Gasteiger partial charge in [-0.25, -0.2) is 4.79 Å². The predicted octanol–water partition coefficient (Wildman–Crippen LogP) is 1.83. The van der Waals surface area contributed by atoms with E-state index in [0.717, 1.165) is 4.90 Å². The van der Waals surface area contributed by atoms with E-state index in [-0.39, 0.29) is 24.0 Å². The normalized spacial score (nSPS) is 19.0. The van der Waals surface area contributed by atoms with E-state index >= 15 is 0 Å². The fourth-order valence-corrected chi connectivity index (χ4v) is 3.28. The smallest absolute Gasteiger partial charge is 0.325 e. The number of nitrogens with one attached hydrogen (secondary N) is 2. The Kier molecular flexibility index (Phi) is 6.67. The van der Waals surface area contributed by atoms with Crippen molar-refractivity contribution in [3.63, 3.8) is 0 Å². The molecule has 8 nitrogen and oxygen atoms in total. The molecule has 146 valence electrons. The van der Waals surface area contributed by atoms with Crippen LogP contribution >= 0.6 is 23.2 Å². The summed E-state index contributed by atoms with van der Waals surface area (Å²) in [4.78, 5) is 48.9. The van der Waals surface area contributed by atoms with E-state index in [1.54, 1.807) is 12.1 Å². The lowest BCUT2D eigenvalue weighted by molar-refractivity contribution is -0.140. The minimum atomic E-state index is -1.40. The van der Waals surface area contributed by atoms with E-state index in [2.05, 4.69) is 15.4 Å². The molecule has 1 fully saturated rings. The molecule has 1 heterocycles. The van der Waals surface area contributed by atoms with E-state index in [1.807, 2.05) is 0 Å². The molecule has 1 aromatic carbocycles. The zero-order chi connectivity index (χ0) is 20.2. The molecule has 2 rings (SSSR count). The van der Waals surface area contributed by atoms with E-state index in [0.29, 0.717) is 17.0 Å². The SMILES string of the molecule is COC(=O)CCCNC(=O)CN1C(=O)N[C@@](C)(c2ccc(Cl)cc2Cl)C1=O. The summed E-state index contributed by atoms with van der Waals surface area (Å²) >= 11 is 12.0. The molecule has 1 atom stereocenters. The fraction of sp³-hybridized carbons (Fsp3) is 0.412. The number of carbonyl (C=O) groups is 4. The number of hydrogen-bond acceptors (Lipinski definition) is 5. The number of halogens is 2. The maximum absolute atomic E-state index is 12.8. The zero-order valence-corrected chi connectivity index (χ0v) is 16.3. The van der Waals surface area contributed by atoms with E-state index < -0.39 is 29.9 Å². The Morgan fingerprint density at radius 2 is 2.00 bits per heavy atom. The number of hydrogen-bond donors (Lipinski definition) is 2. The van der Waals surface area contributed by atoms with Crippen LogP contribution in [0.25, 0.3) is 0 Å². The Hall–Kier alpha value is -2.32. The Bertz CT molecular complexity index is 786. The molecule has 1 saturated heterocycles. The summed E-state index contributed by atoms with van der Waals surface area (Å²) in [7, 11) is 1.28. The van der Waals surface area contributed by atoms with Gasteiger partial charge in [0.2, 0.25) is 5.91 Å². The second-order valence-corrected chi connectivity index (χ2v) is 6.94. The first-order valence-corrected chi connectivity index (χ1v) is 8.87. The lowest BCUT2D eigenvalue weighted by atomic mass is 9.92. The quantitative estimate of drug-likeness (QED) is 0.401. The molecule has 1 aromatic rings. The van der Waals surface area contributed by atoms with Gasteiger partial charge in [0, 0.05) is 28.6 Å². The summed E-state index contributed by atoms with van der Waals surface area (Å²) < 4.78 is 4.50. The molecule has 0 spiro atoms. The Labute approximate surface area is 166 Å². The van der Waals surface area contributed by atoms with Crippen molar-refractivity contribution in [3.8, 4) is 0 Å². The maximum Gasteiger partial charge on any atom is 0.325 e. The molecule has 1 aliphatic heterocycles. The highest BCUT2D eigenvalue weighted by Crippen LogP contribution is 2.34. The van der Waals surface area contributed by atoms with Crippen LogP contribution in [0, 0.1) is 0 Å². The number of ether oxygens (including phenoxy) is 1. The van der Waals surface area contributed by atoms with Gasteiger partial charge in [0.05, 0.1) is 7.11 Å². The molecular formula is C17H19Cl2N3O5. The summed E-state index contributed by atoms with van der Waals surface area (Å²) in [6, 6.07) is 3.89. The molecule has 0 saturated carbocycles. The first kappa shape index (κ1) is 21.0. The van der Waals surface area contributed by atoms with Crippen molar-refractivity contribution >= 4 is 47.0 Å². The van der Waals surface area contributed by atoms with Gasteiger partial charge in [-0.05, 0) is 25.5 Å². The van der Waals surface area contributed by atoms with Gasteiger partial charge < -0.3 is 15.4 Å². The topological polar surface area (TPSA) is 105 Å². The van der Waals surface area contributed by atoms with Crippen molar-refractivity contribution in [1.82, 2.24) is 15.5 Å². The van der Waals surface area contributed by atoms with E-state index in [9.17, 15) is 19.2 Å². The molecule has 27 heavy (non-hydrogen) atoms. The number of methoxy groups -OCH3 is 1.